The summed E-state index contributed by atoms with van der Waals surface area (Å²) < 4.78 is 151. The lowest BCUT2D eigenvalue weighted by atomic mass is 10.5. The first-order valence-electron chi connectivity index (χ1n) is 7.20. The first kappa shape index (κ1) is 35.7. The van der Waals surface area contributed by atoms with Gasteiger partial charge in [-0.1, -0.05) is 0 Å². The molecule has 2 aliphatic rings. The van der Waals surface area contributed by atoms with Crippen LogP contribution in [0.3, 0.4) is 0 Å². The van der Waals surface area contributed by atoms with Crippen LogP contribution in [0.25, 0.3) is 0 Å². The highest BCUT2D eigenvalue weighted by Crippen LogP contribution is 2.83. The monoisotopic (exact) mass is 631 g/mol. The summed E-state index contributed by atoms with van der Waals surface area (Å²) in [5, 5.41) is 23.6. The fraction of sp³-hybridized carbons (Fsp3) is 0.667. The molecule has 0 fully saturated rings. The number of hydrogen-bond acceptors (Lipinski definition) is 10. The Morgan fingerprint density at radius 1 is 0.588 bits per heavy atom. The Morgan fingerprint density at radius 2 is 0.912 bits per heavy atom. The van der Waals surface area contributed by atoms with Crippen molar-refractivity contribution in [2.75, 3.05) is 13.2 Å². The molecule has 2 rings (SSSR count). The third-order valence-electron chi connectivity index (χ3n) is 1.99. The van der Waals surface area contributed by atoms with E-state index in [0.717, 1.165) is 0 Å². The third-order valence-corrected chi connectivity index (χ3v) is 12.9. The van der Waals surface area contributed by atoms with Gasteiger partial charge >= 0.3 is 46.9 Å². The zero-order valence-corrected chi connectivity index (χ0v) is 21.0. The molecule has 2 heterocycles. The molecule has 10 nitrogen and oxygen atoms in total. The van der Waals surface area contributed by atoms with E-state index in [1.807, 2.05) is 4.52 Å². The summed E-state index contributed by atoms with van der Waals surface area (Å²) in [5.74, 6) is 0. The molecule has 1 N–H and O–H groups in total. The van der Waals surface area contributed by atoms with Crippen molar-refractivity contribution >= 4 is 55.3 Å². The third kappa shape index (κ3) is 15.5. The van der Waals surface area contributed by atoms with E-state index in [-0.39, 0.29) is 27.9 Å². The van der Waals surface area contributed by atoms with Crippen molar-refractivity contribution in [2.24, 2.45) is 27.1 Å². The standard InChI is InChI=1S/C3H4F5N4OP3.C3H5NO.B.F6N3P3/c4-14(5)10-15(6,7)12-16(8,11-14)13-3-1-2-9;4-2-1-3-5;;1-10(2)7-11(3,4)9-12(5,6)8-10/h1,3H2;5H,1,3H2;;. The van der Waals surface area contributed by atoms with Crippen LogP contribution >= 0.6 is 46.9 Å². The van der Waals surface area contributed by atoms with Crippen LogP contribution in [0.4, 0.5) is 46.2 Å². The predicted octanol–water partition coefficient (Wildman–Crippen LogP) is 10.8. The van der Waals surface area contributed by atoms with Crippen LogP contribution in [0.5, 0.6) is 0 Å². The number of aliphatic hydroxyl groups excluding tert-OH is 1. The van der Waals surface area contributed by atoms with Gasteiger partial charge in [0.1, 0.15) is 0 Å². The highest BCUT2D eigenvalue weighted by molar-refractivity contribution is 7.78. The second-order valence-electron chi connectivity index (χ2n) is 4.66. The fourth-order valence-corrected chi connectivity index (χ4v) is 11.0. The molecule has 0 aromatic rings. The number of hydrogen-bond donors (Lipinski definition) is 1. The van der Waals surface area contributed by atoms with E-state index in [1.165, 1.54) is 6.07 Å². The number of aliphatic hydroxyl groups is 1. The van der Waals surface area contributed by atoms with Gasteiger partial charge in [-0.25, -0.2) is 0 Å². The molecule has 3 radical (unpaired) electrons. The predicted molar refractivity (Wildman–Crippen MR) is 108 cm³/mol. The maximum atomic E-state index is 13.4. The Morgan fingerprint density at radius 3 is 1.18 bits per heavy atom. The summed E-state index contributed by atoms with van der Waals surface area (Å²) in [5.41, 5.74) is 0. The van der Waals surface area contributed by atoms with Gasteiger partial charge < -0.3 is 9.63 Å². The number of rotatable bonds is 4. The minimum absolute atomic E-state index is 0. The van der Waals surface area contributed by atoms with Crippen LogP contribution in [0.2, 0.25) is 0 Å². The molecule has 0 spiro atoms. The minimum Gasteiger partial charge on any atom is -0.395 e. The molecule has 34 heavy (non-hydrogen) atoms. The zero-order chi connectivity index (χ0) is 26.2. The SMILES string of the molecule is FP1(F)=NP(F)(F)=NP(F)(F)=N1.N#CCCO.N#CCCOP1(F)=NP(F)(F)=NP(F)(F)=N1.[B]. The summed E-state index contributed by atoms with van der Waals surface area (Å²) in [4.78, 5) is 0. The summed E-state index contributed by atoms with van der Waals surface area (Å²) in [6.45, 7) is -0.635. The second-order valence-corrected chi connectivity index (χ2v) is 14.7. The van der Waals surface area contributed by atoms with Gasteiger partial charge in [0.15, 0.2) is 0 Å². The molecule has 0 amide bonds. The molecule has 0 aliphatic carbocycles. The second kappa shape index (κ2) is 13.8. The molecular formula is C6H9BF11N8O2P6. The molecular weight excluding hydrogens is 622 g/mol. The first-order chi connectivity index (χ1) is 14.7. The van der Waals surface area contributed by atoms with E-state index in [9.17, 15) is 46.2 Å². The lowest BCUT2D eigenvalue weighted by molar-refractivity contribution is 0.304. The van der Waals surface area contributed by atoms with Crippen molar-refractivity contribution in [3.63, 3.8) is 0 Å². The lowest BCUT2D eigenvalue weighted by Crippen LogP contribution is -1.88. The van der Waals surface area contributed by atoms with E-state index in [2.05, 4.69) is 13.6 Å². The molecule has 0 bridgehead atoms. The average Bonchev–Trinajstić information content (AvgIpc) is 2.48. The Kier molecular flexibility index (Phi) is 14.5. The highest BCUT2D eigenvalue weighted by Gasteiger charge is 2.40. The largest absolute Gasteiger partial charge is 0.425 e. The van der Waals surface area contributed by atoms with Crippen LogP contribution in [0.1, 0.15) is 12.8 Å². The Bertz CT molecular complexity index is 1050. The van der Waals surface area contributed by atoms with Gasteiger partial charge in [-0.15, -0.1) is 69.1 Å². The molecule has 28 heteroatoms. The molecule has 2 aliphatic heterocycles. The summed E-state index contributed by atoms with van der Waals surface area (Å²) >= 11 is 0. The Balaban J connectivity index is 0. The van der Waals surface area contributed by atoms with Gasteiger partial charge in [0.2, 0.25) is 0 Å². The van der Waals surface area contributed by atoms with Crippen LogP contribution in [-0.4, -0.2) is 26.7 Å². The smallest absolute Gasteiger partial charge is 0.395 e. The van der Waals surface area contributed by atoms with Crippen molar-refractivity contribution in [1.29, 1.82) is 10.5 Å². The molecule has 0 saturated heterocycles. The summed E-state index contributed by atoms with van der Waals surface area (Å²) in [6.07, 6.45) is -0.0815. The molecule has 1 unspecified atom stereocenters. The van der Waals surface area contributed by atoms with Crippen molar-refractivity contribution < 1.29 is 55.8 Å². The topological polar surface area (TPSA) is 151 Å². The molecule has 0 aromatic carbocycles. The number of nitrogens with zero attached hydrogens (tertiary/aromatic N) is 8. The first-order valence-corrected chi connectivity index (χ1v) is 16.1. The van der Waals surface area contributed by atoms with Gasteiger partial charge in [0.25, 0.3) is 0 Å². The maximum Gasteiger partial charge on any atom is 0.425 e. The quantitative estimate of drug-likeness (QED) is 0.142. The maximum absolute atomic E-state index is 13.4. The zero-order valence-electron chi connectivity index (χ0n) is 15.7. The van der Waals surface area contributed by atoms with E-state index >= 15 is 0 Å². The number of nitriles is 2. The van der Waals surface area contributed by atoms with E-state index in [4.69, 9.17) is 15.6 Å². The minimum atomic E-state index is -5.82. The summed E-state index contributed by atoms with van der Waals surface area (Å²) in [7, 11) is -33.9. The van der Waals surface area contributed by atoms with Crippen LogP contribution in [0.15, 0.2) is 27.1 Å². The van der Waals surface area contributed by atoms with Gasteiger partial charge in [-0.2, -0.15) is 14.7 Å². The van der Waals surface area contributed by atoms with Gasteiger partial charge in [-0.3, -0.25) is 0 Å². The van der Waals surface area contributed by atoms with Gasteiger partial charge in [0, 0.05) is 8.41 Å². The summed E-state index contributed by atoms with van der Waals surface area (Å²) in [6, 6.07) is 3.30. The Hall–Kier alpha value is -0.425. The Labute approximate surface area is 187 Å². The highest BCUT2D eigenvalue weighted by atomic mass is 31.3. The van der Waals surface area contributed by atoms with E-state index in [0.29, 0.717) is 0 Å². The van der Waals surface area contributed by atoms with Crippen molar-refractivity contribution in [3.8, 4) is 12.1 Å². The molecule has 1 atom stereocenters. The molecule has 195 valence electrons. The van der Waals surface area contributed by atoms with Crippen molar-refractivity contribution in [1.82, 2.24) is 0 Å². The van der Waals surface area contributed by atoms with Crippen molar-refractivity contribution in [3.05, 3.63) is 0 Å². The van der Waals surface area contributed by atoms with E-state index < -0.39 is 53.5 Å². The lowest BCUT2D eigenvalue weighted by Gasteiger charge is -2.15. The van der Waals surface area contributed by atoms with Crippen LogP contribution in [0, 0.1) is 22.7 Å². The van der Waals surface area contributed by atoms with Gasteiger partial charge in [0.05, 0.1) is 38.2 Å². The number of halogens is 11. The molecule has 0 aromatic heterocycles. The molecule has 0 saturated carbocycles. The van der Waals surface area contributed by atoms with E-state index in [1.54, 1.807) is 19.6 Å². The van der Waals surface area contributed by atoms with Gasteiger partial charge in [-0.05, 0) is 0 Å². The van der Waals surface area contributed by atoms with Crippen LogP contribution < -0.4 is 0 Å². The normalized spacial score (nSPS) is 25.7. The van der Waals surface area contributed by atoms with Crippen LogP contribution in [-0.2, 0) is 4.52 Å². The van der Waals surface area contributed by atoms with Crippen molar-refractivity contribution in [2.45, 2.75) is 12.8 Å². The average molecular weight is 631 g/mol. The fourth-order valence-electron chi connectivity index (χ4n) is 1.20.